The van der Waals surface area contributed by atoms with Crippen LogP contribution in [0.4, 0.5) is 0 Å². The van der Waals surface area contributed by atoms with Gasteiger partial charge in [-0.15, -0.1) is 11.8 Å². The molecule has 1 N–H and O–H groups in total. The molecule has 4 unspecified atom stereocenters. The van der Waals surface area contributed by atoms with Gasteiger partial charge in [0.05, 0.1) is 11.4 Å². The van der Waals surface area contributed by atoms with Crippen molar-refractivity contribution < 1.29 is 9.59 Å². The van der Waals surface area contributed by atoms with Gasteiger partial charge in [-0.25, -0.2) is 0 Å². The van der Waals surface area contributed by atoms with Gasteiger partial charge in [0.2, 0.25) is 11.8 Å². The van der Waals surface area contributed by atoms with Crippen molar-refractivity contribution in [1.29, 1.82) is 0 Å². The molecular formula is C21H26N2O2S. The average Bonchev–Trinajstić information content (AvgIpc) is 3.27. The normalized spacial score (nSPS) is 28.8. The summed E-state index contributed by atoms with van der Waals surface area (Å²) in [5.41, 5.74) is 1.80. The largest absolute Gasteiger partial charge is 0.352 e. The minimum Gasteiger partial charge on any atom is -0.352 e. The third kappa shape index (κ3) is 3.54. The van der Waals surface area contributed by atoms with Gasteiger partial charge in [-0.3, -0.25) is 9.59 Å². The highest BCUT2D eigenvalue weighted by Crippen LogP contribution is 2.49. The van der Waals surface area contributed by atoms with E-state index in [1.54, 1.807) is 4.90 Å². The minimum absolute atomic E-state index is 0.000852. The molecular weight excluding hydrogens is 344 g/mol. The molecule has 2 amide bonds. The molecule has 0 saturated heterocycles. The molecule has 1 aromatic rings. The van der Waals surface area contributed by atoms with E-state index in [9.17, 15) is 9.59 Å². The van der Waals surface area contributed by atoms with E-state index in [0.717, 1.165) is 23.1 Å². The van der Waals surface area contributed by atoms with Crippen LogP contribution >= 0.6 is 11.8 Å². The van der Waals surface area contributed by atoms with Crippen LogP contribution in [0.15, 0.2) is 35.7 Å². The van der Waals surface area contributed by atoms with E-state index in [2.05, 4.69) is 12.2 Å². The van der Waals surface area contributed by atoms with Crippen LogP contribution in [-0.4, -0.2) is 35.1 Å². The summed E-state index contributed by atoms with van der Waals surface area (Å²) in [5, 5.41) is 5.17. The molecule has 138 valence electrons. The van der Waals surface area contributed by atoms with E-state index >= 15 is 0 Å². The van der Waals surface area contributed by atoms with Crippen LogP contribution in [0.2, 0.25) is 0 Å². The molecule has 2 bridgehead atoms. The van der Waals surface area contributed by atoms with Crippen LogP contribution in [0, 0.1) is 17.8 Å². The fourth-order valence-corrected chi connectivity index (χ4v) is 5.73. The lowest BCUT2D eigenvalue weighted by Gasteiger charge is -2.31. The van der Waals surface area contributed by atoms with Crippen molar-refractivity contribution in [3.05, 3.63) is 41.3 Å². The van der Waals surface area contributed by atoms with Crippen molar-refractivity contribution in [2.75, 3.05) is 12.3 Å². The van der Waals surface area contributed by atoms with Gasteiger partial charge < -0.3 is 10.2 Å². The van der Waals surface area contributed by atoms with E-state index in [-0.39, 0.29) is 24.4 Å². The molecule has 4 atom stereocenters. The van der Waals surface area contributed by atoms with Gasteiger partial charge >= 0.3 is 0 Å². The quantitative estimate of drug-likeness (QED) is 0.863. The lowest BCUT2D eigenvalue weighted by Crippen LogP contribution is -2.46. The lowest BCUT2D eigenvalue weighted by atomic mass is 9.84. The van der Waals surface area contributed by atoms with Gasteiger partial charge in [-0.05, 0) is 54.9 Å². The highest BCUT2D eigenvalue weighted by molar-refractivity contribution is 8.03. The Bertz CT molecular complexity index is 718. The Morgan fingerprint density at radius 1 is 1.27 bits per heavy atom. The van der Waals surface area contributed by atoms with E-state index in [1.807, 2.05) is 35.7 Å². The van der Waals surface area contributed by atoms with Gasteiger partial charge in [0.1, 0.15) is 6.54 Å². The van der Waals surface area contributed by atoms with Crippen LogP contribution in [-0.2, 0) is 9.59 Å². The van der Waals surface area contributed by atoms with Crippen molar-refractivity contribution in [2.45, 2.75) is 38.6 Å². The van der Waals surface area contributed by atoms with E-state index in [0.29, 0.717) is 11.7 Å². The summed E-state index contributed by atoms with van der Waals surface area (Å²) in [6, 6.07) is 10.0. The van der Waals surface area contributed by atoms with Crippen LogP contribution in [0.1, 0.15) is 38.2 Å². The lowest BCUT2D eigenvalue weighted by molar-refractivity contribution is -0.131. The maximum Gasteiger partial charge on any atom is 0.240 e. The summed E-state index contributed by atoms with van der Waals surface area (Å²) in [5.74, 6) is 2.60. The number of nitrogens with one attached hydrogen (secondary N) is 1. The topological polar surface area (TPSA) is 49.4 Å². The molecule has 5 heteroatoms. The molecule has 1 aromatic carbocycles. The molecule has 4 rings (SSSR count). The first-order chi connectivity index (χ1) is 12.6. The first-order valence-corrected chi connectivity index (χ1v) is 10.6. The number of rotatable bonds is 5. The fraction of sp³-hybridized carbons (Fsp3) is 0.524. The smallest absolute Gasteiger partial charge is 0.240 e. The Labute approximate surface area is 159 Å². The summed E-state index contributed by atoms with van der Waals surface area (Å²) < 4.78 is 0. The van der Waals surface area contributed by atoms with Gasteiger partial charge in [0, 0.05) is 6.04 Å². The summed E-state index contributed by atoms with van der Waals surface area (Å²) in [4.78, 5) is 26.7. The second-order valence-electron chi connectivity index (χ2n) is 7.85. The zero-order chi connectivity index (χ0) is 18.1. The number of hydrogen-bond donors (Lipinski definition) is 1. The standard InChI is InChI=1S/C21H26N2O2S/c1-14(18-10-15-7-8-17(18)9-15)22-20(24)11-23-19(12-26-13-21(23)25)16-5-3-2-4-6-16/h2-6,12,14-15,17-18H,7-11,13H2,1H3,(H,22,24). The maximum atomic E-state index is 12.7. The molecule has 2 fully saturated rings. The van der Waals surface area contributed by atoms with Gasteiger partial charge in [0.25, 0.3) is 0 Å². The molecule has 1 aliphatic heterocycles. The second kappa shape index (κ2) is 7.47. The monoisotopic (exact) mass is 370 g/mol. The minimum atomic E-state index is -0.0534. The number of thioether (sulfide) groups is 1. The SMILES string of the molecule is CC(NC(=O)CN1C(=O)CSC=C1c1ccccc1)C1CC2CCC1C2. The summed E-state index contributed by atoms with van der Waals surface area (Å²) in [6.45, 7) is 2.23. The molecule has 2 aliphatic carbocycles. The Kier molecular flexibility index (Phi) is 5.07. The van der Waals surface area contributed by atoms with Crippen LogP contribution in [0.25, 0.3) is 5.70 Å². The predicted octanol–water partition coefficient (Wildman–Crippen LogP) is 3.50. The number of hydrogen-bond acceptors (Lipinski definition) is 3. The highest BCUT2D eigenvalue weighted by atomic mass is 32.2. The van der Waals surface area contributed by atoms with Crippen molar-refractivity contribution >= 4 is 29.3 Å². The maximum absolute atomic E-state index is 12.7. The molecule has 26 heavy (non-hydrogen) atoms. The molecule has 0 aromatic heterocycles. The third-order valence-corrected chi connectivity index (χ3v) is 6.99. The van der Waals surface area contributed by atoms with Crippen LogP contribution < -0.4 is 5.32 Å². The average molecular weight is 371 g/mol. The zero-order valence-electron chi connectivity index (χ0n) is 15.2. The van der Waals surface area contributed by atoms with E-state index < -0.39 is 0 Å². The van der Waals surface area contributed by atoms with Crippen molar-refractivity contribution in [1.82, 2.24) is 10.2 Å². The molecule has 0 spiro atoms. The second-order valence-corrected chi connectivity index (χ2v) is 8.71. The number of carbonyl (C=O) groups excluding carboxylic acids is 2. The van der Waals surface area contributed by atoms with Crippen molar-refractivity contribution in [3.8, 4) is 0 Å². The Hall–Kier alpha value is -1.75. The first kappa shape index (κ1) is 17.7. The number of benzene rings is 1. The van der Waals surface area contributed by atoms with Crippen LogP contribution in [0.3, 0.4) is 0 Å². The fourth-order valence-electron chi connectivity index (χ4n) is 4.93. The third-order valence-electron chi connectivity index (χ3n) is 6.19. The summed E-state index contributed by atoms with van der Waals surface area (Å²) >= 11 is 1.49. The van der Waals surface area contributed by atoms with Gasteiger partial charge in [0.15, 0.2) is 0 Å². The molecule has 2 saturated carbocycles. The molecule has 1 heterocycles. The number of fused-ring (bicyclic) bond motifs is 2. The highest BCUT2D eigenvalue weighted by Gasteiger charge is 2.42. The molecule has 3 aliphatic rings. The summed E-state index contributed by atoms with van der Waals surface area (Å²) in [6.07, 6.45) is 5.28. The van der Waals surface area contributed by atoms with E-state index in [1.165, 1.54) is 37.4 Å². The number of nitrogens with zero attached hydrogens (tertiary/aromatic N) is 1. The van der Waals surface area contributed by atoms with Crippen molar-refractivity contribution in [3.63, 3.8) is 0 Å². The molecule has 4 nitrogen and oxygen atoms in total. The predicted molar refractivity (Wildman–Crippen MR) is 105 cm³/mol. The molecule has 0 radical (unpaired) electrons. The number of amides is 2. The zero-order valence-corrected chi connectivity index (χ0v) is 16.0. The summed E-state index contributed by atoms with van der Waals surface area (Å²) in [7, 11) is 0. The van der Waals surface area contributed by atoms with Gasteiger partial charge in [-0.1, -0.05) is 36.8 Å². The number of carbonyl (C=O) groups is 2. The Morgan fingerprint density at radius 2 is 2.08 bits per heavy atom. The van der Waals surface area contributed by atoms with Gasteiger partial charge in [-0.2, -0.15) is 0 Å². The Balaban J connectivity index is 1.41. The van der Waals surface area contributed by atoms with E-state index in [4.69, 9.17) is 0 Å². The Morgan fingerprint density at radius 3 is 2.77 bits per heavy atom. The van der Waals surface area contributed by atoms with Crippen molar-refractivity contribution in [2.24, 2.45) is 17.8 Å². The first-order valence-electron chi connectivity index (χ1n) is 9.58. The van der Waals surface area contributed by atoms with Crippen LogP contribution in [0.5, 0.6) is 0 Å².